The molecule has 15 heteroatoms. The van der Waals surface area contributed by atoms with Crippen LogP contribution in [0.3, 0.4) is 0 Å². The van der Waals surface area contributed by atoms with Crippen LogP contribution in [0.25, 0.3) is 44.2 Å². The van der Waals surface area contributed by atoms with Crippen LogP contribution in [0.1, 0.15) is 87.4 Å². The van der Waals surface area contributed by atoms with Crippen molar-refractivity contribution >= 4 is 45.8 Å². The molecule has 4 aromatic carbocycles. The van der Waals surface area contributed by atoms with Crippen molar-refractivity contribution in [2.24, 2.45) is 5.92 Å². The molecule has 0 saturated carbocycles. The minimum atomic E-state index is -0.903. The normalized spacial score (nSPS) is 19.2. The second-order valence-corrected chi connectivity index (χ2v) is 16.7. The number of nitrogens with zero attached hydrogens (tertiary/aromatic N) is 4. The number of alkyl carbamates (subject to hydrolysis) is 2. The quantitative estimate of drug-likeness (QED) is 0.113. The molecule has 0 spiro atoms. The van der Waals surface area contributed by atoms with Gasteiger partial charge in [-0.1, -0.05) is 62.4 Å². The number of fused-ring (bicyclic) bond motifs is 6. The van der Waals surface area contributed by atoms with E-state index in [1.807, 2.05) is 68.3 Å². The van der Waals surface area contributed by atoms with Crippen molar-refractivity contribution in [2.75, 3.05) is 20.8 Å². The fourth-order valence-corrected chi connectivity index (χ4v) is 9.36. The lowest BCUT2D eigenvalue weighted by Crippen LogP contribution is -2.52. The van der Waals surface area contributed by atoms with Gasteiger partial charge in [0.2, 0.25) is 5.91 Å². The maximum Gasteiger partial charge on any atom is 0.407 e. The Bertz CT molecular complexity index is 2690. The molecule has 0 aliphatic carbocycles. The highest BCUT2D eigenvalue weighted by Crippen LogP contribution is 2.44. The summed E-state index contributed by atoms with van der Waals surface area (Å²) in [6, 6.07) is 21.6. The molecular weight excluding hydrogens is 789 g/mol. The standard InChI is InChI=1S/C47H50N8O7/c1-25(2)39(52-46(58)60-4)45(57)55-26(3)13-18-37(55)42-48-23-35(50-42)29-14-16-31-30(20-29)24-62-38-22-32-28(21-33(31)38)15-17-34-41(32)51-43(49-34)36-12-9-19-54(36)44(56)40(53-47(59)61-5)27-10-7-6-8-11-27/h6-8,10-11,14-17,20-23,25-26,36-37,39-40H,9,12-13,18-19,24H2,1-5H3,(H,48,50)(H,49,51)(H,52,58)(H,53,59)/t26-,36-,37-,39-,40+/m0/s1. The summed E-state index contributed by atoms with van der Waals surface area (Å²) in [6.07, 6.45) is 3.60. The third-order valence-electron chi connectivity index (χ3n) is 12.6. The van der Waals surface area contributed by atoms with Crippen molar-refractivity contribution in [1.29, 1.82) is 0 Å². The average molecular weight is 839 g/mol. The van der Waals surface area contributed by atoms with Gasteiger partial charge in [-0.3, -0.25) is 9.59 Å². The Morgan fingerprint density at radius 2 is 1.63 bits per heavy atom. The Labute approximate surface area is 358 Å². The van der Waals surface area contributed by atoms with E-state index < -0.39 is 24.3 Å². The number of carbonyl (C=O) groups is 4. The molecule has 0 unspecified atom stereocenters. The first-order chi connectivity index (χ1) is 30.0. The maximum atomic E-state index is 14.1. The molecular formula is C47H50N8O7. The SMILES string of the molecule is COC(=O)N[C@H](C(=O)N1[C@@H](C)CC[C@H]1c1ncc(-c2ccc3c(c2)COc2cc4c(ccc5[nH]c([C@@H]6CCCN6C(=O)[C@H](NC(=O)OC)c6ccccc6)nc54)cc2-3)[nH]1)C(C)C. The van der Waals surface area contributed by atoms with Crippen molar-refractivity contribution in [3.8, 4) is 28.1 Å². The zero-order valence-electron chi connectivity index (χ0n) is 35.4. The fourth-order valence-electron chi connectivity index (χ4n) is 9.36. The monoisotopic (exact) mass is 838 g/mol. The number of ether oxygens (including phenoxy) is 3. The van der Waals surface area contributed by atoms with Gasteiger partial charge in [-0.25, -0.2) is 19.6 Å². The summed E-state index contributed by atoms with van der Waals surface area (Å²) in [4.78, 5) is 73.0. The molecule has 2 saturated heterocycles. The fraction of sp³-hybridized carbons (Fsp3) is 0.362. The van der Waals surface area contributed by atoms with E-state index in [1.165, 1.54) is 14.2 Å². The van der Waals surface area contributed by atoms with Gasteiger partial charge in [-0.05, 0) is 90.4 Å². The molecule has 320 valence electrons. The highest BCUT2D eigenvalue weighted by atomic mass is 16.5. The Balaban J connectivity index is 0.964. The third kappa shape index (κ3) is 7.34. The summed E-state index contributed by atoms with van der Waals surface area (Å²) >= 11 is 0. The summed E-state index contributed by atoms with van der Waals surface area (Å²) in [5, 5.41) is 7.40. The number of carbonyl (C=O) groups excluding carboxylic acids is 4. The lowest BCUT2D eigenvalue weighted by molar-refractivity contribution is -0.137. The summed E-state index contributed by atoms with van der Waals surface area (Å²) < 4.78 is 16.1. The number of imidazole rings is 2. The van der Waals surface area contributed by atoms with Gasteiger partial charge in [-0.2, -0.15) is 0 Å². The minimum Gasteiger partial charge on any atom is -0.488 e. The number of likely N-dealkylation sites (tertiary alicyclic amines) is 2. The molecule has 0 radical (unpaired) electrons. The van der Waals surface area contributed by atoms with Gasteiger partial charge in [0.1, 0.15) is 36.1 Å². The molecule has 62 heavy (non-hydrogen) atoms. The molecule has 2 fully saturated rings. The van der Waals surface area contributed by atoms with Crippen LogP contribution in [0.4, 0.5) is 9.59 Å². The molecule has 5 heterocycles. The first-order valence-corrected chi connectivity index (χ1v) is 21.2. The van der Waals surface area contributed by atoms with Crippen LogP contribution in [0.15, 0.2) is 79.0 Å². The summed E-state index contributed by atoms with van der Waals surface area (Å²) in [5.41, 5.74) is 7.21. The second-order valence-electron chi connectivity index (χ2n) is 16.7. The number of rotatable bonds is 9. The Morgan fingerprint density at radius 3 is 2.40 bits per heavy atom. The number of methoxy groups -OCH3 is 2. The summed E-state index contributed by atoms with van der Waals surface area (Å²) in [5.74, 6) is 1.65. The highest BCUT2D eigenvalue weighted by molar-refractivity contribution is 6.07. The number of hydrogen-bond donors (Lipinski definition) is 4. The number of hydrogen-bond acceptors (Lipinski definition) is 9. The minimum absolute atomic E-state index is 0.0188. The molecule has 3 aliphatic heterocycles. The predicted molar refractivity (Wildman–Crippen MR) is 232 cm³/mol. The maximum absolute atomic E-state index is 14.1. The molecule has 2 aromatic heterocycles. The van der Waals surface area contributed by atoms with Gasteiger partial charge in [0.25, 0.3) is 5.91 Å². The number of H-pyrrole nitrogens is 2. The van der Waals surface area contributed by atoms with Crippen molar-refractivity contribution in [1.82, 2.24) is 40.4 Å². The molecule has 0 bridgehead atoms. The molecule has 9 rings (SSSR count). The van der Waals surface area contributed by atoms with Crippen molar-refractivity contribution < 1.29 is 33.4 Å². The van der Waals surface area contributed by atoms with E-state index in [2.05, 4.69) is 57.0 Å². The number of amides is 4. The van der Waals surface area contributed by atoms with Crippen LogP contribution in [-0.4, -0.2) is 86.6 Å². The Hall–Kier alpha value is -6.90. The van der Waals surface area contributed by atoms with Gasteiger partial charge in [0.05, 0.1) is 49.2 Å². The van der Waals surface area contributed by atoms with Gasteiger partial charge >= 0.3 is 12.2 Å². The smallest absolute Gasteiger partial charge is 0.407 e. The number of aromatic amines is 2. The van der Waals surface area contributed by atoms with Crippen LogP contribution in [0, 0.1) is 5.92 Å². The zero-order valence-corrected chi connectivity index (χ0v) is 35.4. The van der Waals surface area contributed by atoms with Crippen molar-refractivity contribution in [2.45, 2.75) is 83.3 Å². The van der Waals surface area contributed by atoms with Crippen molar-refractivity contribution in [3.05, 3.63) is 102 Å². The van der Waals surface area contributed by atoms with Gasteiger partial charge < -0.3 is 44.6 Å². The van der Waals surface area contributed by atoms with Crippen LogP contribution in [0.5, 0.6) is 5.75 Å². The predicted octanol–water partition coefficient (Wildman–Crippen LogP) is 7.86. The first-order valence-electron chi connectivity index (χ1n) is 21.2. The molecule has 15 nitrogen and oxygen atoms in total. The summed E-state index contributed by atoms with van der Waals surface area (Å²) in [7, 11) is 2.57. The lowest BCUT2D eigenvalue weighted by atomic mass is 9.92. The third-order valence-corrected chi connectivity index (χ3v) is 12.6. The Kier molecular flexibility index (Phi) is 10.8. The first kappa shape index (κ1) is 40.5. The largest absolute Gasteiger partial charge is 0.488 e. The van der Waals surface area contributed by atoms with E-state index in [9.17, 15) is 19.2 Å². The van der Waals surface area contributed by atoms with E-state index in [4.69, 9.17) is 24.2 Å². The molecule has 4 amide bonds. The van der Waals surface area contributed by atoms with Gasteiger partial charge in [-0.15, -0.1) is 0 Å². The van der Waals surface area contributed by atoms with Gasteiger partial charge in [0, 0.05) is 23.5 Å². The van der Waals surface area contributed by atoms with E-state index in [0.717, 1.165) is 81.2 Å². The summed E-state index contributed by atoms with van der Waals surface area (Å²) in [6.45, 7) is 6.75. The zero-order chi connectivity index (χ0) is 43.2. The van der Waals surface area contributed by atoms with E-state index in [1.54, 1.807) is 4.90 Å². The van der Waals surface area contributed by atoms with Gasteiger partial charge in [0.15, 0.2) is 0 Å². The van der Waals surface area contributed by atoms with Crippen LogP contribution >= 0.6 is 0 Å². The van der Waals surface area contributed by atoms with Crippen LogP contribution in [0.2, 0.25) is 0 Å². The average Bonchev–Trinajstić information content (AvgIpc) is 4.12. The Morgan fingerprint density at radius 1 is 0.839 bits per heavy atom. The van der Waals surface area contributed by atoms with Crippen LogP contribution in [-0.2, 0) is 25.7 Å². The topological polar surface area (TPSA) is 184 Å². The van der Waals surface area contributed by atoms with Crippen molar-refractivity contribution in [3.63, 3.8) is 0 Å². The van der Waals surface area contributed by atoms with E-state index in [0.29, 0.717) is 30.4 Å². The van der Waals surface area contributed by atoms with E-state index in [-0.39, 0.29) is 35.9 Å². The van der Waals surface area contributed by atoms with Crippen LogP contribution < -0.4 is 15.4 Å². The second kappa shape index (κ2) is 16.5. The number of benzene rings is 4. The highest BCUT2D eigenvalue weighted by Gasteiger charge is 2.41. The number of aromatic nitrogens is 4. The molecule has 6 aromatic rings. The number of nitrogens with one attached hydrogen (secondary N) is 4. The molecule has 4 N–H and O–H groups in total. The molecule has 3 aliphatic rings. The molecule has 5 atom stereocenters. The lowest BCUT2D eigenvalue weighted by Gasteiger charge is -2.32. The van der Waals surface area contributed by atoms with E-state index >= 15 is 0 Å².